The smallest absolute Gasteiger partial charge is 0.244 e. The summed E-state index contributed by atoms with van der Waals surface area (Å²) in [5, 5.41) is 2.97. The molecule has 0 heterocycles. The number of amides is 2. The van der Waals surface area contributed by atoms with Crippen molar-refractivity contribution in [3.05, 3.63) is 59.9 Å². The van der Waals surface area contributed by atoms with Crippen LogP contribution < -0.4 is 14.4 Å². The van der Waals surface area contributed by atoms with Crippen molar-refractivity contribution < 1.29 is 27.1 Å². The molecule has 10 heteroatoms. The average Bonchev–Trinajstić information content (AvgIpc) is 3.33. The molecule has 190 valence electrons. The molecular formula is C25H32FN3O5S. The molecule has 0 saturated heterocycles. The predicted molar refractivity (Wildman–Crippen MR) is 132 cm³/mol. The number of methoxy groups -OCH3 is 1. The van der Waals surface area contributed by atoms with Crippen LogP contribution in [0.15, 0.2) is 48.5 Å². The maximum Gasteiger partial charge on any atom is 0.244 e. The number of hydrogen-bond acceptors (Lipinski definition) is 5. The summed E-state index contributed by atoms with van der Waals surface area (Å²) in [5.74, 6) is -1.24. The lowest BCUT2D eigenvalue weighted by atomic mass is 10.1. The quantitative estimate of drug-likeness (QED) is 0.535. The number of para-hydroxylation sites is 2. The summed E-state index contributed by atoms with van der Waals surface area (Å²) >= 11 is 0. The molecule has 8 nitrogen and oxygen atoms in total. The van der Waals surface area contributed by atoms with Crippen LogP contribution >= 0.6 is 0 Å². The summed E-state index contributed by atoms with van der Waals surface area (Å²) in [6, 6.07) is 11.5. The van der Waals surface area contributed by atoms with Crippen molar-refractivity contribution >= 4 is 27.5 Å². The molecule has 1 unspecified atom stereocenters. The fraction of sp³-hybridized carbons (Fsp3) is 0.440. The largest absolute Gasteiger partial charge is 0.495 e. The number of hydrogen-bond donors (Lipinski definition) is 1. The minimum Gasteiger partial charge on any atom is -0.495 e. The van der Waals surface area contributed by atoms with E-state index in [9.17, 15) is 22.4 Å². The van der Waals surface area contributed by atoms with Crippen molar-refractivity contribution in [1.29, 1.82) is 0 Å². The van der Waals surface area contributed by atoms with Gasteiger partial charge >= 0.3 is 0 Å². The minimum atomic E-state index is -3.89. The number of nitrogens with one attached hydrogen (secondary N) is 1. The van der Waals surface area contributed by atoms with Crippen LogP contribution in [0.4, 0.5) is 10.1 Å². The Kier molecular flexibility index (Phi) is 8.71. The van der Waals surface area contributed by atoms with Gasteiger partial charge in [-0.2, -0.15) is 0 Å². The lowest BCUT2D eigenvalue weighted by Crippen LogP contribution is -2.52. The highest BCUT2D eigenvalue weighted by atomic mass is 32.2. The third kappa shape index (κ3) is 6.72. The van der Waals surface area contributed by atoms with Gasteiger partial charge in [0.1, 0.15) is 24.2 Å². The van der Waals surface area contributed by atoms with Crippen LogP contribution in [0.1, 0.15) is 38.2 Å². The van der Waals surface area contributed by atoms with E-state index in [1.807, 2.05) is 0 Å². The Balaban J connectivity index is 1.91. The Morgan fingerprint density at radius 2 is 1.74 bits per heavy atom. The van der Waals surface area contributed by atoms with E-state index >= 15 is 0 Å². The van der Waals surface area contributed by atoms with Crippen LogP contribution in [0.2, 0.25) is 0 Å². The second-order valence-electron chi connectivity index (χ2n) is 8.72. The zero-order valence-corrected chi connectivity index (χ0v) is 21.1. The van der Waals surface area contributed by atoms with Gasteiger partial charge in [-0.05, 0) is 38.0 Å². The van der Waals surface area contributed by atoms with Gasteiger partial charge in [-0.15, -0.1) is 0 Å². The van der Waals surface area contributed by atoms with E-state index in [0.717, 1.165) is 36.2 Å². The number of carbonyl (C=O) groups excluding carboxylic acids is 2. The van der Waals surface area contributed by atoms with Gasteiger partial charge in [-0.25, -0.2) is 12.8 Å². The maximum atomic E-state index is 14.5. The molecule has 3 rings (SSSR count). The predicted octanol–water partition coefficient (Wildman–Crippen LogP) is 3.08. The van der Waals surface area contributed by atoms with Crippen LogP contribution in [0, 0.1) is 5.82 Å². The topological polar surface area (TPSA) is 96.0 Å². The highest BCUT2D eigenvalue weighted by Crippen LogP contribution is 2.29. The van der Waals surface area contributed by atoms with Gasteiger partial charge in [-0.1, -0.05) is 43.2 Å². The first-order chi connectivity index (χ1) is 16.6. The van der Waals surface area contributed by atoms with Gasteiger partial charge in [0.2, 0.25) is 21.8 Å². The van der Waals surface area contributed by atoms with Crippen LogP contribution in [-0.4, -0.2) is 57.1 Å². The van der Waals surface area contributed by atoms with E-state index in [-0.39, 0.29) is 35.5 Å². The van der Waals surface area contributed by atoms with Gasteiger partial charge < -0.3 is 15.0 Å². The van der Waals surface area contributed by atoms with Crippen LogP contribution in [0.5, 0.6) is 5.75 Å². The Morgan fingerprint density at radius 1 is 1.11 bits per heavy atom. The molecule has 1 N–H and O–H groups in total. The van der Waals surface area contributed by atoms with Crippen molar-refractivity contribution in [2.45, 2.75) is 51.2 Å². The number of ether oxygens (including phenoxy) is 1. The second-order valence-corrected chi connectivity index (χ2v) is 10.6. The van der Waals surface area contributed by atoms with E-state index in [4.69, 9.17) is 4.74 Å². The Morgan fingerprint density at radius 3 is 2.37 bits per heavy atom. The lowest BCUT2D eigenvalue weighted by Gasteiger charge is -2.32. The molecule has 0 spiro atoms. The van der Waals surface area contributed by atoms with Crippen molar-refractivity contribution in [3.63, 3.8) is 0 Å². The molecule has 2 aromatic carbocycles. The number of halogens is 1. The highest BCUT2D eigenvalue weighted by molar-refractivity contribution is 7.92. The fourth-order valence-electron chi connectivity index (χ4n) is 4.22. The van der Waals surface area contributed by atoms with E-state index in [1.165, 1.54) is 36.3 Å². The highest BCUT2D eigenvalue weighted by Gasteiger charge is 2.32. The zero-order chi connectivity index (χ0) is 25.6. The number of benzene rings is 2. The van der Waals surface area contributed by atoms with Gasteiger partial charge in [0.15, 0.2) is 0 Å². The molecule has 1 fully saturated rings. The fourth-order valence-corrected chi connectivity index (χ4v) is 5.07. The van der Waals surface area contributed by atoms with Gasteiger partial charge in [-0.3, -0.25) is 13.9 Å². The number of sulfonamides is 1. The summed E-state index contributed by atoms with van der Waals surface area (Å²) in [5.41, 5.74) is 0.421. The molecule has 2 amide bonds. The summed E-state index contributed by atoms with van der Waals surface area (Å²) in [7, 11) is -2.49. The first kappa shape index (κ1) is 26.5. The number of nitrogens with zero attached hydrogens (tertiary/aromatic N) is 2. The monoisotopic (exact) mass is 505 g/mol. The maximum absolute atomic E-state index is 14.5. The SMILES string of the molecule is COc1ccccc1N(CC(=O)N(Cc1ccccc1F)C(C)C(=O)NC1CCCC1)S(C)(=O)=O. The Labute approximate surface area is 206 Å². The van der Waals surface area contributed by atoms with Gasteiger partial charge in [0.05, 0.1) is 19.1 Å². The van der Waals surface area contributed by atoms with Crippen LogP contribution in [-0.2, 0) is 26.2 Å². The van der Waals surface area contributed by atoms with Crippen molar-refractivity contribution in [1.82, 2.24) is 10.2 Å². The first-order valence-electron chi connectivity index (χ1n) is 11.6. The van der Waals surface area contributed by atoms with Crippen molar-refractivity contribution in [3.8, 4) is 5.75 Å². The molecular weight excluding hydrogens is 473 g/mol. The van der Waals surface area contributed by atoms with E-state index in [0.29, 0.717) is 0 Å². The summed E-state index contributed by atoms with van der Waals surface area (Å²) in [6.45, 7) is 0.805. The summed E-state index contributed by atoms with van der Waals surface area (Å²) < 4.78 is 46.0. The molecule has 35 heavy (non-hydrogen) atoms. The summed E-state index contributed by atoms with van der Waals surface area (Å²) in [4.78, 5) is 27.8. The van der Waals surface area contributed by atoms with Crippen molar-refractivity contribution in [2.24, 2.45) is 0 Å². The third-order valence-corrected chi connectivity index (χ3v) is 7.33. The molecule has 0 aromatic heterocycles. The third-order valence-electron chi connectivity index (χ3n) is 6.20. The molecule has 0 aliphatic heterocycles. The molecule has 1 aliphatic rings. The molecule has 2 aromatic rings. The van der Waals surface area contributed by atoms with Gasteiger partial charge in [0, 0.05) is 18.2 Å². The molecule has 1 atom stereocenters. The summed E-state index contributed by atoms with van der Waals surface area (Å²) in [6.07, 6.45) is 4.79. The zero-order valence-electron chi connectivity index (χ0n) is 20.2. The van der Waals surface area contributed by atoms with E-state index in [1.54, 1.807) is 31.2 Å². The second kappa shape index (κ2) is 11.5. The average molecular weight is 506 g/mol. The first-order valence-corrected chi connectivity index (χ1v) is 13.4. The lowest BCUT2D eigenvalue weighted by molar-refractivity contribution is -0.139. The number of rotatable bonds is 10. The van der Waals surface area contributed by atoms with Crippen LogP contribution in [0.3, 0.4) is 0 Å². The number of carbonyl (C=O) groups is 2. The molecule has 1 aliphatic carbocycles. The van der Waals surface area contributed by atoms with Gasteiger partial charge in [0.25, 0.3) is 0 Å². The normalized spacial score (nSPS) is 14.9. The molecule has 0 radical (unpaired) electrons. The van der Waals surface area contributed by atoms with E-state index < -0.39 is 34.3 Å². The standard InChI is InChI=1S/C25H32FN3O5S/c1-18(25(31)27-20-11-5-6-12-20)28(16-19-10-4-7-13-21(19)26)24(30)17-29(35(3,32)33)22-14-8-9-15-23(22)34-2/h4,7-10,13-15,18,20H,5-6,11-12,16-17H2,1-3H3,(H,27,31). The Bertz CT molecular complexity index is 1150. The minimum absolute atomic E-state index is 0.0384. The van der Waals surface area contributed by atoms with Crippen LogP contribution in [0.25, 0.3) is 0 Å². The number of anilines is 1. The Hall–Kier alpha value is -3.14. The molecule has 0 bridgehead atoms. The van der Waals surface area contributed by atoms with E-state index in [2.05, 4.69) is 5.32 Å². The molecule has 1 saturated carbocycles. The van der Waals surface area contributed by atoms with Crippen molar-refractivity contribution in [2.75, 3.05) is 24.2 Å².